The van der Waals surface area contributed by atoms with Crippen LogP contribution in [0.25, 0.3) is 0 Å². The van der Waals surface area contributed by atoms with Gasteiger partial charge in [0.2, 0.25) is 0 Å². The van der Waals surface area contributed by atoms with E-state index in [9.17, 15) is 9.59 Å². The predicted octanol–water partition coefficient (Wildman–Crippen LogP) is 4.67. The zero-order valence-corrected chi connectivity index (χ0v) is 21.9. The van der Waals surface area contributed by atoms with Gasteiger partial charge < -0.3 is 19.7 Å². The first kappa shape index (κ1) is 25.8. The summed E-state index contributed by atoms with van der Waals surface area (Å²) in [7, 11) is 0. The Morgan fingerprint density at radius 3 is 2.47 bits per heavy atom. The molecule has 1 fully saturated rings. The normalized spacial score (nSPS) is 13.1. The van der Waals surface area contributed by atoms with Gasteiger partial charge in [-0.15, -0.1) is 0 Å². The molecule has 1 saturated heterocycles. The molecule has 0 spiro atoms. The van der Waals surface area contributed by atoms with Crippen molar-refractivity contribution in [1.82, 2.24) is 10.2 Å². The van der Waals surface area contributed by atoms with Gasteiger partial charge >= 0.3 is 0 Å². The molecule has 4 rings (SSSR count). The number of nitrogens with one attached hydrogen (secondary N) is 2. The molecule has 0 bridgehead atoms. The van der Waals surface area contributed by atoms with Crippen LogP contribution in [-0.2, 0) is 11.2 Å². The van der Waals surface area contributed by atoms with Gasteiger partial charge in [0, 0.05) is 24.0 Å². The van der Waals surface area contributed by atoms with Crippen molar-refractivity contribution < 1.29 is 19.1 Å². The van der Waals surface area contributed by atoms with Gasteiger partial charge in [0.25, 0.3) is 11.8 Å². The van der Waals surface area contributed by atoms with E-state index in [-0.39, 0.29) is 11.0 Å². The van der Waals surface area contributed by atoms with E-state index in [2.05, 4.69) is 26.6 Å². The number of carbonyl (C=O) groups is 2. The second-order valence-corrected chi connectivity index (χ2v) is 9.41. The third kappa shape index (κ3) is 6.90. The molecule has 3 aromatic carbocycles. The summed E-state index contributed by atoms with van der Waals surface area (Å²) in [5.41, 5.74) is 2.49. The third-order valence-electron chi connectivity index (χ3n) is 5.61. The number of carbonyl (C=O) groups excluding carboxylic acids is 2. The van der Waals surface area contributed by atoms with E-state index in [1.165, 1.54) is 0 Å². The van der Waals surface area contributed by atoms with Crippen molar-refractivity contribution in [1.29, 1.82) is 0 Å². The van der Waals surface area contributed by atoms with Crippen molar-refractivity contribution in [2.75, 3.05) is 38.2 Å². The molecule has 0 atom stereocenters. The molecule has 0 radical (unpaired) electrons. The van der Waals surface area contributed by atoms with Gasteiger partial charge in [0.05, 0.1) is 36.6 Å². The van der Waals surface area contributed by atoms with Gasteiger partial charge in [-0.3, -0.25) is 14.9 Å². The van der Waals surface area contributed by atoms with E-state index >= 15 is 0 Å². The molecule has 9 heteroatoms. The van der Waals surface area contributed by atoms with Crippen molar-refractivity contribution in [2.24, 2.45) is 0 Å². The number of hydrogen-bond acceptors (Lipinski definition) is 5. The van der Waals surface area contributed by atoms with Gasteiger partial charge in [-0.1, -0.05) is 58.4 Å². The SMILES string of the molecule is O=C(NC(=S)Nc1ccccc1C(=O)N1CCOCC1)c1cc(Br)ccc1OCCc1ccccc1. The van der Waals surface area contributed by atoms with Crippen LogP contribution in [0.4, 0.5) is 5.69 Å². The maximum absolute atomic E-state index is 13.1. The van der Waals surface area contributed by atoms with Gasteiger partial charge in [0.15, 0.2) is 5.11 Å². The summed E-state index contributed by atoms with van der Waals surface area (Å²) in [5, 5.41) is 5.78. The van der Waals surface area contributed by atoms with Crippen LogP contribution in [0.2, 0.25) is 0 Å². The maximum atomic E-state index is 13.1. The Balaban J connectivity index is 1.41. The van der Waals surface area contributed by atoms with E-state index in [4.69, 9.17) is 21.7 Å². The number of anilines is 1. The minimum atomic E-state index is -0.416. The lowest BCUT2D eigenvalue weighted by molar-refractivity contribution is 0.0303. The lowest BCUT2D eigenvalue weighted by Crippen LogP contribution is -2.41. The molecule has 2 amide bonds. The molecule has 36 heavy (non-hydrogen) atoms. The van der Waals surface area contributed by atoms with Crippen molar-refractivity contribution in [3.8, 4) is 5.75 Å². The first-order chi connectivity index (χ1) is 17.5. The Kier molecular flexibility index (Phi) is 9.05. The second-order valence-electron chi connectivity index (χ2n) is 8.08. The fourth-order valence-electron chi connectivity index (χ4n) is 3.77. The summed E-state index contributed by atoms with van der Waals surface area (Å²) in [6.45, 7) is 2.51. The highest BCUT2D eigenvalue weighted by molar-refractivity contribution is 9.10. The Bertz CT molecular complexity index is 1230. The standard InChI is InChI=1S/C27H26BrN3O4S/c28-20-10-11-24(35-15-12-19-6-2-1-3-7-19)22(18-20)25(32)30-27(36)29-23-9-5-4-8-21(23)26(33)31-13-16-34-17-14-31/h1-11,18H,12-17H2,(H2,29,30,32,36). The third-order valence-corrected chi connectivity index (χ3v) is 6.31. The number of para-hydroxylation sites is 1. The number of benzene rings is 3. The number of morpholine rings is 1. The molecule has 1 aliphatic heterocycles. The average molecular weight is 568 g/mol. The molecular formula is C27H26BrN3O4S. The molecule has 0 unspecified atom stereocenters. The van der Waals surface area contributed by atoms with Crippen molar-refractivity contribution in [3.05, 3.63) is 94.0 Å². The van der Waals surface area contributed by atoms with Crippen molar-refractivity contribution in [3.63, 3.8) is 0 Å². The minimum Gasteiger partial charge on any atom is -0.492 e. The molecule has 1 heterocycles. The zero-order valence-electron chi connectivity index (χ0n) is 19.5. The van der Waals surface area contributed by atoms with Crippen LogP contribution < -0.4 is 15.4 Å². The van der Waals surface area contributed by atoms with E-state index in [1.54, 1.807) is 41.3 Å². The van der Waals surface area contributed by atoms with E-state index in [0.29, 0.717) is 61.9 Å². The van der Waals surface area contributed by atoms with E-state index in [0.717, 1.165) is 10.0 Å². The van der Waals surface area contributed by atoms with Crippen molar-refractivity contribution >= 4 is 50.8 Å². The Hall–Kier alpha value is -3.27. The van der Waals surface area contributed by atoms with Gasteiger partial charge in [-0.25, -0.2) is 0 Å². The molecule has 0 saturated carbocycles. The largest absolute Gasteiger partial charge is 0.492 e. The van der Waals surface area contributed by atoms with E-state index in [1.807, 2.05) is 36.4 Å². The Morgan fingerprint density at radius 2 is 1.69 bits per heavy atom. The highest BCUT2D eigenvalue weighted by Gasteiger charge is 2.22. The van der Waals surface area contributed by atoms with Crippen LogP contribution in [0.5, 0.6) is 5.75 Å². The molecule has 1 aliphatic rings. The number of amides is 2. The quantitative estimate of drug-likeness (QED) is 0.404. The van der Waals surface area contributed by atoms with Gasteiger partial charge in [0.1, 0.15) is 5.75 Å². The number of thiocarbonyl (C=S) groups is 1. The average Bonchev–Trinajstić information content (AvgIpc) is 2.90. The zero-order chi connectivity index (χ0) is 25.3. The van der Waals surface area contributed by atoms with Gasteiger partial charge in [-0.2, -0.15) is 0 Å². The number of rotatable bonds is 7. The fourth-order valence-corrected chi connectivity index (χ4v) is 4.33. The first-order valence-electron chi connectivity index (χ1n) is 11.6. The number of ether oxygens (including phenoxy) is 2. The fraction of sp³-hybridized carbons (Fsp3) is 0.222. The number of hydrogen-bond donors (Lipinski definition) is 2. The lowest BCUT2D eigenvalue weighted by Gasteiger charge is -2.27. The molecule has 7 nitrogen and oxygen atoms in total. The van der Waals surface area contributed by atoms with Crippen LogP contribution in [0.3, 0.4) is 0 Å². The summed E-state index contributed by atoms with van der Waals surface area (Å²) in [5.74, 6) is -0.0746. The minimum absolute atomic E-state index is 0.0810. The molecular weight excluding hydrogens is 542 g/mol. The highest BCUT2D eigenvalue weighted by atomic mass is 79.9. The summed E-state index contributed by atoms with van der Waals surface area (Å²) in [4.78, 5) is 27.8. The summed E-state index contributed by atoms with van der Waals surface area (Å²) in [6, 6.07) is 22.3. The predicted molar refractivity (Wildman–Crippen MR) is 147 cm³/mol. The topological polar surface area (TPSA) is 79.9 Å². The summed E-state index contributed by atoms with van der Waals surface area (Å²) >= 11 is 8.82. The number of halogens is 1. The van der Waals surface area contributed by atoms with Gasteiger partial charge in [-0.05, 0) is 48.1 Å². The summed E-state index contributed by atoms with van der Waals surface area (Å²) < 4.78 is 12.0. The Morgan fingerprint density at radius 1 is 0.972 bits per heavy atom. The monoisotopic (exact) mass is 567 g/mol. The van der Waals surface area contributed by atoms with Crippen LogP contribution in [0.1, 0.15) is 26.3 Å². The van der Waals surface area contributed by atoms with Crippen LogP contribution in [0.15, 0.2) is 77.3 Å². The van der Waals surface area contributed by atoms with Crippen molar-refractivity contribution in [2.45, 2.75) is 6.42 Å². The van der Waals surface area contributed by atoms with Crippen LogP contribution in [0, 0.1) is 0 Å². The van der Waals surface area contributed by atoms with E-state index < -0.39 is 5.91 Å². The highest BCUT2D eigenvalue weighted by Crippen LogP contribution is 2.24. The smallest absolute Gasteiger partial charge is 0.261 e. The Labute approximate surface area is 223 Å². The molecule has 0 aromatic heterocycles. The molecule has 186 valence electrons. The first-order valence-corrected chi connectivity index (χ1v) is 12.8. The lowest BCUT2D eigenvalue weighted by atomic mass is 10.1. The molecule has 2 N–H and O–H groups in total. The second kappa shape index (κ2) is 12.6. The molecule has 3 aromatic rings. The maximum Gasteiger partial charge on any atom is 0.261 e. The van der Waals surface area contributed by atoms with Crippen LogP contribution >= 0.6 is 28.1 Å². The van der Waals surface area contributed by atoms with Crippen LogP contribution in [-0.4, -0.2) is 54.7 Å². The number of nitrogens with zero attached hydrogens (tertiary/aromatic N) is 1. The summed E-state index contributed by atoms with van der Waals surface area (Å²) in [6.07, 6.45) is 0.714. The molecule has 0 aliphatic carbocycles.